The largest absolute Gasteiger partial charge is 0.340 e. The van der Waals surface area contributed by atoms with Gasteiger partial charge in [0.2, 0.25) is 11.8 Å². The first-order valence-electron chi connectivity index (χ1n) is 7.64. The van der Waals surface area contributed by atoms with E-state index in [1.165, 1.54) is 0 Å². The van der Waals surface area contributed by atoms with Gasteiger partial charge >= 0.3 is 0 Å². The molecule has 2 heterocycles. The van der Waals surface area contributed by atoms with Gasteiger partial charge in [-0.15, -0.1) is 0 Å². The van der Waals surface area contributed by atoms with Gasteiger partial charge in [0.15, 0.2) is 5.82 Å². The first-order chi connectivity index (χ1) is 11.1. The number of aryl methyl sites for hydroxylation is 1. The van der Waals surface area contributed by atoms with E-state index in [1.54, 1.807) is 6.92 Å². The quantitative estimate of drug-likeness (QED) is 0.854. The third-order valence-corrected chi connectivity index (χ3v) is 4.18. The summed E-state index contributed by atoms with van der Waals surface area (Å²) in [4.78, 5) is 20.7. The smallest absolute Gasteiger partial charge is 0.227 e. The summed E-state index contributed by atoms with van der Waals surface area (Å²) in [5.74, 6) is 1.43. The fraction of sp³-hybridized carbons (Fsp3) is 0.438. The van der Waals surface area contributed by atoms with Crippen LogP contribution in [-0.2, 0) is 17.8 Å². The van der Waals surface area contributed by atoms with Gasteiger partial charge in [0.1, 0.15) is 0 Å². The molecule has 0 N–H and O–H groups in total. The van der Waals surface area contributed by atoms with Crippen LogP contribution >= 0.6 is 11.6 Å². The van der Waals surface area contributed by atoms with Crippen LogP contribution in [0.15, 0.2) is 28.8 Å². The maximum absolute atomic E-state index is 12.4. The highest BCUT2D eigenvalue weighted by Crippen LogP contribution is 2.12. The molecular weight excluding hydrogens is 316 g/mol. The van der Waals surface area contributed by atoms with Crippen LogP contribution in [0.2, 0.25) is 5.02 Å². The van der Waals surface area contributed by atoms with Crippen molar-refractivity contribution in [2.24, 2.45) is 0 Å². The highest BCUT2D eigenvalue weighted by Gasteiger charge is 2.22. The molecular formula is C16H19ClN4O2. The van der Waals surface area contributed by atoms with E-state index in [0.717, 1.165) is 31.7 Å². The summed E-state index contributed by atoms with van der Waals surface area (Å²) in [7, 11) is 0. The molecule has 0 radical (unpaired) electrons. The summed E-state index contributed by atoms with van der Waals surface area (Å²) in [6.45, 7) is 5.53. The van der Waals surface area contributed by atoms with Crippen molar-refractivity contribution < 1.29 is 9.32 Å². The summed E-state index contributed by atoms with van der Waals surface area (Å²) in [6.07, 6.45) is 0.418. The number of carbonyl (C=O) groups is 1. The van der Waals surface area contributed by atoms with E-state index in [1.807, 2.05) is 29.2 Å². The van der Waals surface area contributed by atoms with E-state index < -0.39 is 0 Å². The lowest BCUT2D eigenvalue weighted by Gasteiger charge is -2.34. The molecule has 1 aromatic carbocycles. The molecule has 1 aromatic heterocycles. The molecule has 7 heteroatoms. The Kier molecular flexibility index (Phi) is 4.93. The maximum Gasteiger partial charge on any atom is 0.227 e. The average Bonchev–Trinajstić information content (AvgIpc) is 2.95. The zero-order valence-corrected chi connectivity index (χ0v) is 13.8. The van der Waals surface area contributed by atoms with Crippen LogP contribution in [0.4, 0.5) is 0 Å². The molecule has 2 aromatic rings. The van der Waals surface area contributed by atoms with Gasteiger partial charge in [-0.1, -0.05) is 28.9 Å². The molecule has 1 aliphatic rings. The minimum Gasteiger partial charge on any atom is -0.340 e. The molecule has 0 bridgehead atoms. The van der Waals surface area contributed by atoms with Crippen molar-refractivity contribution >= 4 is 17.5 Å². The molecule has 1 fully saturated rings. The van der Waals surface area contributed by atoms with E-state index in [-0.39, 0.29) is 5.91 Å². The van der Waals surface area contributed by atoms with Crippen LogP contribution in [0.25, 0.3) is 0 Å². The standard InChI is InChI=1S/C16H19ClN4O2/c1-12-18-15(19-23-12)11-20-6-8-21(9-7-20)16(22)10-13-2-4-14(17)5-3-13/h2-5H,6-11H2,1H3. The zero-order valence-electron chi connectivity index (χ0n) is 13.0. The van der Waals surface area contributed by atoms with Crippen LogP contribution in [0.3, 0.4) is 0 Å². The van der Waals surface area contributed by atoms with E-state index >= 15 is 0 Å². The van der Waals surface area contributed by atoms with E-state index in [0.29, 0.717) is 29.7 Å². The van der Waals surface area contributed by atoms with Gasteiger partial charge in [-0.25, -0.2) is 0 Å². The van der Waals surface area contributed by atoms with Gasteiger partial charge < -0.3 is 9.42 Å². The number of rotatable bonds is 4. The van der Waals surface area contributed by atoms with E-state index in [2.05, 4.69) is 15.0 Å². The fourth-order valence-corrected chi connectivity index (χ4v) is 2.78. The van der Waals surface area contributed by atoms with Crippen molar-refractivity contribution in [2.45, 2.75) is 19.9 Å². The predicted molar refractivity (Wildman–Crippen MR) is 86.0 cm³/mol. The molecule has 0 atom stereocenters. The first kappa shape index (κ1) is 16.0. The Labute approximate surface area is 140 Å². The van der Waals surface area contributed by atoms with Crippen molar-refractivity contribution in [2.75, 3.05) is 26.2 Å². The zero-order chi connectivity index (χ0) is 16.2. The molecule has 6 nitrogen and oxygen atoms in total. The summed E-state index contributed by atoms with van der Waals surface area (Å²) in [6, 6.07) is 7.42. The number of halogens is 1. The van der Waals surface area contributed by atoms with Crippen LogP contribution in [-0.4, -0.2) is 52.0 Å². The van der Waals surface area contributed by atoms with Gasteiger partial charge in [-0.3, -0.25) is 9.69 Å². The van der Waals surface area contributed by atoms with Crippen molar-refractivity contribution in [1.29, 1.82) is 0 Å². The van der Waals surface area contributed by atoms with E-state index in [9.17, 15) is 4.79 Å². The molecule has 0 spiro atoms. The summed E-state index contributed by atoms with van der Waals surface area (Å²) < 4.78 is 4.98. The fourth-order valence-electron chi connectivity index (χ4n) is 2.65. The first-order valence-corrected chi connectivity index (χ1v) is 8.02. The Balaban J connectivity index is 1.48. The monoisotopic (exact) mass is 334 g/mol. The second-order valence-corrected chi connectivity index (χ2v) is 6.13. The molecule has 23 heavy (non-hydrogen) atoms. The van der Waals surface area contributed by atoms with Gasteiger partial charge in [0, 0.05) is 38.1 Å². The van der Waals surface area contributed by atoms with Gasteiger partial charge in [0.05, 0.1) is 13.0 Å². The number of carbonyl (C=O) groups excluding carboxylic acids is 1. The Bertz CT molecular complexity index is 663. The topological polar surface area (TPSA) is 62.5 Å². The highest BCUT2D eigenvalue weighted by molar-refractivity contribution is 6.30. The predicted octanol–water partition coefficient (Wildman–Crippen LogP) is 1.92. The van der Waals surface area contributed by atoms with Gasteiger partial charge in [0.25, 0.3) is 0 Å². The van der Waals surface area contributed by atoms with Gasteiger partial charge in [-0.2, -0.15) is 4.98 Å². The molecule has 0 unspecified atom stereocenters. The van der Waals surface area contributed by atoms with Crippen molar-refractivity contribution in [1.82, 2.24) is 19.9 Å². The number of amides is 1. The van der Waals surface area contributed by atoms with E-state index in [4.69, 9.17) is 16.1 Å². The number of hydrogen-bond donors (Lipinski definition) is 0. The van der Waals surface area contributed by atoms with Crippen molar-refractivity contribution in [3.8, 4) is 0 Å². The SMILES string of the molecule is Cc1nc(CN2CCN(C(=O)Cc3ccc(Cl)cc3)CC2)no1. The van der Waals surface area contributed by atoms with Crippen LogP contribution in [0.5, 0.6) is 0 Å². The average molecular weight is 335 g/mol. The Morgan fingerprint density at radius 3 is 2.52 bits per heavy atom. The Morgan fingerprint density at radius 2 is 1.91 bits per heavy atom. The summed E-state index contributed by atoms with van der Waals surface area (Å²) in [5, 5.41) is 4.59. The number of benzene rings is 1. The molecule has 3 rings (SSSR count). The lowest BCUT2D eigenvalue weighted by molar-refractivity contribution is -0.132. The third-order valence-electron chi connectivity index (χ3n) is 3.93. The number of hydrogen-bond acceptors (Lipinski definition) is 5. The molecule has 0 saturated carbocycles. The maximum atomic E-state index is 12.4. The van der Waals surface area contributed by atoms with Crippen molar-refractivity contribution in [3.05, 3.63) is 46.6 Å². The highest BCUT2D eigenvalue weighted by atomic mass is 35.5. The summed E-state index contributed by atoms with van der Waals surface area (Å²) in [5.41, 5.74) is 0.990. The number of nitrogens with zero attached hydrogens (tertiary/aromatic N) is 4. The van der Waals surface area contributed by atoms with Crippen molar-refractivity contribution in [3.63, 3.8) is 0 Å². The molecule has 122 valence electrons. The number of aromatic nitrogens is 2. The van der Waals surface area contributed by atoms with Crippen LogP contribution in [0, 0.1) is 6.92 Å². The lowest BCUT2D eigenvalue weighted by Crippen LogP contribution is -2.48. The Morgan fingerprint density at radius 1 is 1.22 bits per heavy atom. The third kappa shape index (κ3) is 4.30. The van der Waals surface area contributed by atoms with Gasteiger partial charge in [-0.05, 0) is 17.7 Å². The molecule has 1 aliphatic heterocycles. The normalized spacial score (nSPS) is 15.8. The molecule has 0 aliphatic carbocycles. The second-order valence-electron chi connectivity index (χ2n) is 5.69. The minimum absolute atomic E-state index is 0.155. The number of piperazine rings is 1. The lowest BCUT2D eigenvalue weighted by atomic mass is 10.1. The summed E-state index contributed by atoms with van der Waals surface area (Å²) >= 11 is 5.86. The minimum atomic E-state index is 0.155. The van der Waals surface area contributed by atoms with Crippen LogP contribution in [0.1, 0.15) is 17.3 Å². The van der Waals surface area contributed by atoms with Crippen LogP contribution < -0.4 is 0 Å². The molecule has 1 amide bonds. The second kappa shape index (κ2) is 7.10. The molecule has 1 saturated heterocycles. The Hall–Kier alpha value is -1.92.